The highest BCUT2D eigenvalue weighted by atomic mass is 19.2. The number of aliphatic hydroxyl groups is 1. The monoisotopic (exact) mass is 435 g/mol. The van der Waals surface area contributed by atoms with Gasteiger partial charge in [0.2, 0.25) is 11.7 Å². The Morgan fingerprint density at radius 2 is 1.68 bits per heavy atom. The van der Waals surface area contributed by atoms with Crippen LogP contribution in [0.2, 0.25) is 0 Å². The van der Waals surface area contributed by atoms with Crippen LogP contribution in [0.4, 0.5) is 8.78 Å². The molecule has 168 valence electrons. The Hall–Kier alpha value is -2.87. The highest BCUT2D eigenvalue weighted by molar-refractivity contribution is 5.85. The minimum atomic E-state index is -0.948. The van der Waals surface area contributed by atoms with Crippen molar-refractivity contribution in [2.24, 2.45) is 5.41 Å². The summed E-state index contributed by atoms with van der Waals surface area (Å²) >= 11 is 0. The van der Waals surface area contributed by atoms with Crippen LogP contribution in [0, 0.1) is 17.0 Å². The summed E-state index contributed by atoms with van der Waals surface area (Å²) in [6, 6.07) is 7.23. The topological polar surface area (TPSA) is 68.2 Å². The van der Waals surface area contributed by atoms with E-state index in [9.17, 15) is 18.7 Å². The van der Waals surface area contributed by atoms with E-state index in [2.05, 4.69) is 0 Å². The van der Waals surface area contributed by atoms with Crippen LogP contribution in [-0.4, -0.2) is 50.4 Å². The van der Waals surface area contributed by atoms with Gasteiger partial charge in [0.1, 0.15) is 0 Å². The van der Waals surface area contributed by atoms with Crippen molar-refractivity contribution >= 4 is 5.91 Å². The largest absolute Gasteiger partial charge is 0.493 e. The number of hydrogen-bond donors (Lipinski definition) is 1. The molecule has 1 aliphatic heterocycles. The van der Waals surface area contributed by atoms with E-state index in [1.165, 1.54) is 27.4 Å². The number of hydrogen-bond acceptors (Lipinski definition) is 5. The number of ether oxygens (including phenoxy) is 3. The third kappa shape index (κ3) is 4.58. The molecule has 3 rings (SSSR count). The van der Waals surface area contributed by atoms with Gasteiger partial charge in [0, 0.05) is 19.7 Å². The lowest BCUT2D eigenvalue weighted by Crippen LogP contribution is -2.36. The fraction of sp³-hybridized carbons (Fsp3) is 0.435. The van der Waals surface area contributed by atoms with Crippen LogP contribution in [0.25, 0.3) is 0 Å². The van der Waals surface area contributed by atoms with Crippen molar-refractivity contribution in [3.63, 3.8) is 0 Å². The van der Waals surface area contributed by atoms with Crippen molar-refractivity contribution in [2.45, 2.75) is 25.8 Å². The third-order valence-electron chi connectivity index (χ3n) is 5.82. The smallest absolute Gasteiger partial charge is 0.229 e. The van der Waals surface area contributed by atoms with E-state index in [0.29, 0.717) is 42.3 Å². The Balaban J connectivity index is 1.85. The van der Waals surface area contributed by atoms with Crippen LogP contribution in [0.3, 0.4) is 0 Å². The molecule has 1 atom stereocenters. The van der Waals surface area contributed by atoms with Gasteiger partial charge in [-0.05, 0) is 54.7 Å². The van der Waals surface area contributed by atoms with Crippen LogP contribution >= 0.6 is 0 Å². The summed E-state index contributed by atoms with van der Waals surface area (Å²) in [5.74, 6) is -0.550. The normalized spacial score (nSPS) is 18.4. The third-order valence-corrected chi connectivity index (χ3v) is 5.82. The van der Waals surface area contributed by atoms with Crippen molar-refractivity contribution in [1.29, 1.82) is 0 Å². The summed E-state index contributed by atoms with van der Waals surface area (Å²) in [4.78, 5) is 15.1. The Labute approximate surface area is 180 Å². The van der Waals surface area contributed by atoms with Crippen LogP contribution in [0.1, 0.15) is 24.0 Å². The van der Waals surface area contributed by atoms with Gasteiger partial charge < -0.3 is 24.2 Å². The number of rotatable bonds is 9. The molecule has 1 saturated heterocycles. The molecule has 0 radical (unpaired) electrons. The zero-order valence-corrected chi connectivity index (χ0v) is 17.9. The van der Waals surface area contributed by atoms with E-state index < -0.39 is 17.0 Å². The second-order valence-corrected chi connectivity index (χ2v) is 7.69. The molecule has 1 heterocycles. The second-order valence-electron chi connectivity index (χ2n) is 7.69. The van der Waals surface area contributed by atoms with Gasteiger partial charge >= 0.3 is 0 Å². The second kappa shape index (κ2) is 9.51. The highest BCUT2D eigenvalue weighted by Gasteiger charge is 2.46. The first-order valence-corrected chi connectivity index (χ1v) is 10.0. The molecule has 0 saturated carbocycles. The van der Waals surface area contributed by atoms with Crippen molar-refractivity contribution in [3.05, 3.63) is 53.1 Å². The number of methoxy groups -OCH3 is 3. The average Bonchev–Trinajstić information content (AvgIpc) is 3.05. The average molecular weight is 435 g/mol. The molecular weight excluding hydrogens is 408 g/mol. The number of nitrogens with zero attached hydrogens (tertiary/aromatic N) is 1. The van der Waals surface area contributed by atoms with E-state index in [0.717, 1.165) is 17.7 Å². The number of carbonyl (C=O) groups excluding carboxylic acids is 1. The number of likely N-dealkylation sites (tertiary alicyclic amines) is 1. The summed E-state index contributed by atoms with van der Waals surface area (Å²) in [7, 11) is 4.57. The standard InChI is InChI=1S/C23H27F2NO5/c1-29-19-11-16(12-20(30-2)21(19)31-3)14-26-8-6-23(7-9-27,22(26)28)13-15-4-5-17(24)18(25)10-15/h4-5,10-12,27H,6-9,13-14H2,1-3H3. The zero-order valence-electron chi connectivity index (χ0n) is 17.9. The van der Waals surface area contributed by atoms with Gasteiger partial charge in [-0.15, -0.1) is 0 Å². The molecule has 31 heavy (non-hydrogen) atoms. The first kappa shape index (κ1) is 22.8. The Morgan fingerprint density at radius 3 is 2.23 bits per heavy atom. The van der Waals surface area contributed by atoms with E-state index in [4.69, 9.17) is 14.2 Å². The number of amides is 1. The zero-order chi connectivity index (χ0) is 22.6. The summed E-state index contributed by atoms with van der Waals surface area (Å²) < 4.78 is 43.1. The fourth-order valence-electron chi connectivity index (χ4n) is 4.23. The van der Waals surface area contributed by atoms with E-state index in [1.807, 2.05) is 0 Å². The van der Waals surface area contributed by atoms with Crippen molar-refractivity contribution in [1.82, 2.24) is 4.90 Å². The van der Waals surface area contributed by atoms with Gasteiger partial charge in [-0.3, -0.25) is 4.79 Å². The molecule has 1 aliphatic rings. The predicted molar refractivity (Wildman–Crippen MR) is 110 cm³/mol. The summed E-state index contributed by atoms with van der Waals surface area (Å²) in [6.07, 6.45) is 0.988. The van der Waals surface area contributed by atoms with Crippen molar-refractivity contribution in [2.75, 3.05) is 34.5 Å². The van der Waals surface area contributed by atoms with Gasteiger partial charge in [0.05, 0.1) is 26.7 Å². The van der Waals surface area contributed by atoms with Gasteiger partial charge in [-0.2, -0.15) is 0 Å². The number of benzene rings is 2. The van der Waals surface area contributed by atoms with Crippen LogP contribution in [-0.2, 0) is 17.8 Å². The lowest BCUT2D eigenvalue weighted by Gasteiger charge is -2.28. The van der Waals surface area contributed by atoms with Gasteiger partial charge in [0.25, 0.3) is 0 Å². The lowest BCUT2D eigenvalue weighted by molar-refractivity contribution is -0.137. The van der Waals surface area contributed by atoms with Crippen LogP contribution < -0.4 is 14.2 Å². The first-order valence-electron chi connectivity index (χ1n) is 10.0. The van der Waals surface area contributed by atoms with Crippen LogP contribution in [0.5, 0.6) is 17.2 Å². The molecule has 6 nitrogen and oxygen atoms in total. The van der Waals surface area contributed by atoms with Crippen LogP contribution in [0.15, 0.2) is 30.3 Å². The molecule has 1 unspecified atom stereocenters. The fourth-order valence-corrected chi connectivity index (χ4v) is 4.23. The van der Waals surface area contributed by atoms with Gasteiger partial charge in [0.15, 0.2) is 23.1 Å². The Kier molecular flexibility index (Phi) is 7.00. The number of aliphatic hydroxyl groups excluding tert-OH is 1. The van der Waals surface area contributed by atoms with E-state index >= 15 is 0 Å². The summed E-state index contributed by atoms with van der Waals surface area (Å²) in [5.41, 5.74) is 0.463. The minimum absolute atomic E-state index is 0.125. The maximum absolute atomic E-state index is 13.7. The molecule has 2 aromatic rings. The SMILES string of the molecule is COc1cc(CN2CCC(CCO)(Cc3ccc(F)c(F)c3)C2=O)cc(OC)c1OC. The molecule has 0 bridgehead atoms. The van der Waals surface area contributed by atoms with Crippen molar-refractivity contribution < 1.29 is 32.9 Å². The van der Waals surface area contributed by atoms with Crippen molar-refractivity contribution in [3.8, 4) is 17.2 Å². The van der Waals surface area contributed by atoms with Gasteiger partial charge in [-0.25, -0.2) is 8.78 Å². The Morgan fingerprint density at radius 1 is 1.00 bits per heavy atom. The minimum Gasteiger partial charge on any atom is -0.493 e. The highest BCUT2D eigenvalue weighted by Crippen LogP contribution is 2.42. The molecule has 0 aromatic heterocycles. The molecule has 1 N–H and O–H groups in total. The quantitative estimate of drug-likeness (QED) is 0.655. The first-order chi connectivity index (χ1) is 14.9. The number of carbonyl (C=O) groups is 1. The molecule has 1 fully saturated rings. The molecule has 0 aliphatic carbocycles. The molecular formula is C23H27F2NO5. The molecule has 8 heteroatoms. The molecule has 1 amide bonds. The molecule has 0 spiro atoms. The number of halogens is 2. The predicted octanol–water partition coefficient (Wildman–Crippen LogP) is 3.33. The lowest BCUT2D eigenvalue weighted by atomic mass is 9.77. The molecule has 2 aromatic carbocycles. The van der Waals surface area contributed by atoms with Gasteiger partial charge in [-0.1, -0.05) is 6.07 Å². The van der Waals surface area contributed by atoms with E-state index in [-0.39, 0.29) is 25.4 Å². The summed E-state index contributed by atoms with van der Waals surface area (Å²) in [6.45, 7) is 0.632. The Bertz CT molecular complexity index is 927. The maximum atomic E-state index is 13.7. The summed E-state index contributed by atoms with van der Waals surface area (Å²) in [5, 5.41) is 9.60. The van der Waals surface area contributed by atoms with E-state index in [1.54, 1.807) is 17.0 Å². The maximum Gasteiger partial charge on any atom is 0.229 e.